The molecule has 0 radical (unpaired) electrons. The van der Waals surface area contributed by atoms with Crippen LogP contribution in [-0.4, -0.2) is 23.5 Å². The molecule has 2 rings (SSSR count). The van der Waals surface area contributed by atoms with Crippen LogP contribution in [0.25, 0.3) is 10.9 Å². The summed E-state index contributed by atoms with van der Waals surface area (Å²) in [6.07, 6.45) is 4.55. The number of aromatic amines is 1. The van der Waals surface area contributed by atoms with Crippen molar-refractivity contribution in [2.24, 2.45) is 5.73 Å². The molecule has 0 aliphatic carbocycles. The number of carbonyl (C=O) groups is 1. The number of para-hydroxylation sites is 1. The highest BCUT2D eigenvalue weighted by atomic mass is 16.2. The number of benzene rings is 1. The Labute approximate surface area is 124 Å². The predicted molar refractivity (Wildman–Crippen MR) is 82.5 cm³/mol. The lowest BCUT2D eigenvalue weighted by Crippen LogP contribution is -2.42. The van der Waals surface area contributed by atoms with Gasteiger partial charge >= 0.3 is 0 Å². The molecule has 1 aromatic heterocycles. The van der Waals surface area contributed by atoms with Gasteiger partial charge in [-0.2, -0.15) is 5.26 Å². The average molecular weight is 284 g/mol. The van der Waals surface area contributed by atoms with Crippen LogP contribution in [0.3, 0.4) is 0 Å². The monoisotopic (exact) mass is 284 g/mol. The van der Waals surface area contributed by atoms with E-state index in [1.54, 1.807) is 0 Å². The summed E-state index contributed by atoms with van der Waals surface area (Å²) >= 11 is 0. The number of carbonyl (C=O) groups excluding carboxylic acids is 1. The number of nitrogens with one attached hydrogen (secondary N) is 2. The van der Waals surface area contributed by atoms with Crippen LogP contribution in [0.2, 0.25) is 0 Å². The second-order valence-corrected chi connectivity index (χ2v) is 5.08. The van der Waals surface area contributed by atoms with Gasteiger partial charge in [0.15, 0.2) is 0 Å². The number of hydrogen-bond donors (Lipinski definition) is 3. The van der Waals surface area contributed by atoms with Crippen LogP contribution in [0, 0.1) is 11.3 Å². The van der Waals surface area contributed by atoms with Crippen molar-refractivity contribution < 1.29 is 4.79 Å². The van der Waals surface area contributed by atoms with Gasteiger partial charge in [0.25, 0.3) is 0 Å². The minimum atomic E-state index is -0.555. The summed E-state index contributed by atoms with van der Waals surface area (Å²) in [4.78, 5) is 15.1. The molecule has 1 aromatic carbocycles. The number of fused-ring (bicyclic) bond motifs is 1. The first-order valence-corrected chi connectivity index (χ1v) is 7.17. The largest absolute Gasteiger partial charge is 0.361 e. The van der Waals surface area contributed by atoms with Gasteiger partial charge in [-0.15, -0.1) is 0 Å². The summed E-state index contributed by atoms with van der Waals surface area (Å²) in [6.45, 7) is 0.572. The van der Waals surface area contributed by atoms with Crippen molar-refractivity contribution in [2.75, 3.05) is 6.54 Å². The standard InChI is InChI=1S/C16H20N4O/c17-8-4-1-5-9-19-16(21)14(18)10-12-11-20-15-7-3-2-6-13(12)15/h2-3,6-7,11,14,20H,1,4-5,9-10,18H2,(H,19,21)/t14-/m1/s1. The molecule has 110 valence electrons. The van der Waals surface area contributed by atoms with Crippen molar-refractivity contribution in [2.45, 2.75) is 31.7 Å². The Hall–Kier alpha value is -2.32. The van der Waals surface area contributed by atoms with Crippen molar-refractivity contribution in [1.29, 1.82) is 5.26 Å². The third-order valence-electron chi connectivity index (χ3n) is 3.47. The Morgan fingerprint density at radius 1 is 1.38 bits per heavy atom. The highest BCUT2D eigenvalue weighted by Gasteiger charge is 2.15. The second-order valence-electron chi connectivity index (χ2n) is 5.08. The van der Waals surface area contributed by atoms with E-state index in [9.17, 15) is 4.79 Å². The zero-order chi connectivity index (χ0) is 15.1. The van der Waals surface area contributed by atoms with E-state index in [-0.39, 0.29) is 5.91 Å². The number of hydrogen-bond acceptors (Lipinski definition) is 3. The molecule has 1 amide bonds. The van der Waals surface area contributed by atoms with Crippen molar-refractivity contribution in [1.82, 2.24) is 10.3 Å². The average Bonchev–Trinajstić information content (AvgIpc) is 2.90. The van der Waals surface area contributed by atoms with E-state index in [0.717, 1.165) is 29.3 Å². The fourth-order valence-electron chi connectivity index (χ4n) is 2.30. The third-order valence-corrected chi connectivity index (χ3v) is 3.47. The topological polar surface area (TPSA) is 94.7 Å². The molecule has 0 unspecified atom stereocenters. The summed E-state index contributed by atoms with van der Waals surface area (Å²) in [5, 5.41) is 12.4. The normalized spacial score (nSPS) is 12.0. The molecular weight excluding hydrogens is 264 g/mol. The molecule has 1 heterocycles. The zero-order valence-electron chi connectivity index (χ0n) is 11.9. The van der Waals surface area contributed by atoms with Crippen molar-refractivity contribution in [3.63, 3.8) is 0 Å². The molecule has 0 saturated carbocycles. The molecule has 0 bridgehead atoms. The Morgan fingerprint density at radius 3 is 3.00 bits per heavy atom. The molecule has 2 aromatic rings. The van der Waals surface area contributed by atoms with Crippen LogP contribution >= 0.6 is 0 Å². The lowest BCUT2D eigenvalue weighted by atomic mass is 10.1. The van der Waals surface area contributed by atoms with Gasteiger partial charge < -0.3 is 16.0 Å². The highest BCUT2D eigenvalue weighted by molar-refractivity contribution is 5.86. The molecular formula is C16H20N4O. The molecule has 0 fully saturated rings. The van der Waals surface area contributed by atoms with Gasteiger partial charge in [0.2, 0.25) is 5.91 Å². The summed E-state index contributed by atoms with van der Waals surface area (Å²) in [6, 6.07) is 9.49. The lowest BCUT2D eigenvalue weighted by Gasteiger charge is -2.11. The molecule has 4 N–H and O–H groups in total. The number of amides is 1. The smallest absolute Gasteiger partial charge is 0.237 e. The maximum Gasteiger partial charge on any atom is 0.237 e. The minimum absolute atomic E-state index is 0.141. The molecule has 5 heteroatoms. The van der Waals surface area contributed by atoms with Gasteiger partial charge in [-0.05, 0) is 30.9 Å². The number of nitrogens with two attached hydrogens (primary N) is 1. The number of H-pyrrole nitrogens is 1. The molecule has 1 atom stereocenters. The second kappa shape index (κ2) is 7.46. The number of aromatic nitrogens is 1. The van der Waals surface area contributed by atoms with Crippen molar-refractivity contribution >= 4 is 16.8 Å². The highest BCUT2D eigenvalue weighted by Crippen LogP contribution is 2.18. The van der Waals surface area contributed by atoms with Crippen LogP contribution in [0.1, 0.15) is 24.8 Å². The fourth-order valence-corrected chi connectivity index (χ4v) is 2.30. The summed E-state index contributed by atoms with van der Waals surface area (Å²) in [5.74, 6) is -0.141. The first-order valence-electron chi connectivity index (χ1n) is 7.17. The van der Waals surface area contributed by atoms with Gasteiger partial charge in [-0.3, -0.25) is 4.79 Å². The third kappa shape index (κ3) is 4.07. The predicted octanol–water partition coefficient (Wildman–Crippen LogP) is 1.85. The quantitative estimate of drug-likeness (QED) is 0.677. The SMILES string of the molecule is N#CCCCCNC(=O)[C@H](N)Cc1c[nH]c2ccccc12. The Morgan fingerprint density at radius 2 is 2.19 bits per heavy atom. The first kappa shape index (κ1) is 15.1. The fraction of sp³-hybridized carbons (Fsp3) is 0.375. The van der Waals surface area contributed by atoms with Gasteiger partial charge in [-0.1, -0.05) is 18.2 Å². The Kier molecular flexibility index (Phi) is 5.35. The van der Waals surface area contributed by atoms with Gasteiger partial charge in [0, 0.05) is 30.1 Å². The van der Waals surface area contributed by atoms with Crippen LogP contribution in [0.4, 0.5) is 0 Å². The molecule has 0 aliphatic heterocycles. The van der Waals surface area contributed by atoms with Crippen molar-refractivity contribution in [3.8, 4) is 6.07 Å². The first-order chi connectivity index (χ1) is 10.2. The number of rotatable bonds is 7. The summed E-state index contributed by atoms with van der Waals surface area (Å²) in [5.41, 5.74) is 8.07. The molecule has 0 aliphatic rings. The van der Waals surface area contributed by atoms with E-state index in [2.05, 4.69) is 16.4 Å². The molecule has 5 nitrogen and oxygen atoms in total. The van der Waals surface area contributed by atoms with Crippen molar-refractivity contribution in [3.05, 3.63) is 36.0 Å². The van der Waals surface area contributed by atoms with Gasteiger partial charge in [-0.25, -0.2) is 0 Å². The van der Waals surface area contributed by atoms with Gasteiger partial charge in [0.05, 0.1) is 12.1 Å². The van der Waals surface area contributed by atoms with E-state index >= 15 is 0 Å². The zero-order valence-corrected chi connectivity index (χ0v) is 11.9. The van der Waals surface area contributed by atoms with Gasteiger partial charge in [0.1, 0.15) is 0 Å². The van der Waals surface area contributed by atoms with Crippen LogP contribution in [0.15, 0.2) is 30.5 Å². The van der Waals surface area contributed by atoms with E-state index in [1.807, 2.05) is 30.5 Å². The molecule has 21 heavy (non-hydrogen) atoms. The number of nitriles is 1. The molecule has 0 spiro atoms. The van der Waals surface area contributed by atoms with Crippen LogP contribution in [-0.2, 0) is 11.2 Å². The Bertz CT molecular complexity index is 641. The summed E-state index contributed by atoms with van der Waals surface area (Å²) in [7, 11) is 0. The van der Waals surface area contributed by atoms with Crippen LogP contribution < -0.4 is 11.1 Å². The minimum Gasteiger partial charge on any atom is -0.361 e. The Balaban J connectivity index is 1.85. The van der Waals surface area contributed by atoms with E-state index in [1.165, 1.54) is 0 Å². The molecule has 0 saturated heterocycles. The van der Waals surface area contributed by atoms with E-state index in [0.29, 0.717) is 19.4 Å². The maximum atomic E-state index is 11.9. The lowest BCUT2D eigenvalue weighted by molar-refractivity contribution is -0.122. The van der Waals surface area contributed by atoms with E-state index in [4.69, 9.17) is 11.0 Å². The summed E-state index contributed by atoms with van der Waals surface area (Å²) < 4.78 is 0. The van der Waals surface area contributed by atoms with Crippen LogP contribution in [0.5, 0.6) is 0 Å². The number of unbranched alkanes of at least 4 members (excludes halogenated alkanes) is 2. The maximum absolute atomic E-state index is 11.9. The number of nitrogens with zero attached hydrogens (tertiary/aromatic N) is 1. The van der Waals surface area contributed by atoms with E-state index < -0.39 is 6.04 Å².